The summed E-state index contributed by atoms with van der Waals surface area (Å²) < 4.78 is 11.9. The fourth-order valence-electron chi connectivity index (χ4n) is 8.21. The standard InChI is InChI=1S/C56H72N8O10/c1-41(65)61-33-13-9-5-6-10-14-34-62(42(2)66)38-54(70)58-47-21-29-51(30-22-47)74-52-31-23-48(24-32-52)60-56(72)40-64(44(4)68)36-16-12-8-7-11-15-35-63(43(3)67)39-55(71)59-46-19-27-50(28-20-46)73-49-25-17-45(18-26-49)57-53(69)37-61/h17-32H,5-16,33-40H2,1-4H3,(H,57,69)(H,58,70)(H,59,71)(H,60,72). The number of benzene rings is 4. The lowest BCUT2D eigenvalue weighted by Crippen LogP contribution is -2.37. The second-order valence-corrected chi connectivity index (χ2v) is 18.5. The summed E-state index contributed by atoms with van der Waals surface area (Å²) in [5.74, 6) is 0.0502. The third-order valence-electron chi connectivity index (χ3n) is 12.4. The first-order chi connectivity index (χ1) is 35.6. The summed E-state index contributed by atoms with van der Waals surface area (Å²) in [5, 5.41) is 11.4. The summed E-state index contributed by atoms with van der Waals surface area (Å²) in [4.78, 5) is 107. The van der Waals surface area contributed by atoms with Gasteiger partial charge in [-0.15, -0.1) is 0 Å². The van der Waals surface area contributed by atoms with E-state index in [1.807, 2.05) is 0 Å². The number of carbonyl (C=O) groups is 8. The van der Waals surface area contributed by atoms with Crippen LogP contribution in [0.15, 0.2) is 97.1 Å². The van der Waals surface area contributed by atoms with E-state index in [4.69, 9.17) is 9.47 Å². The van der Waals surface area contributed by atoms with Crippen molar-refractivity contribution >= 4 is 70.0 Å². The molecule has 0 aromatic heterocycles. The fraction of sp³-hybridized carbons (Fsp3) is 0.429. The van der Waals surface area contributed by atoms with Gasteiger partial charge in [-0.2, -0.15) is 0 Å². The van der Waals surface area contributed by atoms with E-state index >= 15 is 0 Å². The van der Waals surface area contributed by atoms with Gasteiger partial charge < -0.3 is 50.3 Å². The monoisotopic (exact) mass is 1020 g/mol. The Balaban J connectivity index is 1.15. The number of nitrogens with one attached hydrogen (secondary N) is 4. The molecule has 0 aliphatic carbocycles. The highest BCUT2D eigenvalue weighted by molar-refractivity contribution is 5.96. The molecule has 11 rings (SSSR count). The lowest BCUT2D eigenvalue weighted by molar-refractivity contribution is -0.133. The van der Waals surface area contributed by atoms with E-state index < -0.39 is 0 Å². The summed E-state index contributed by atoms with van der Waals surface area (Å²) in [7, 11) is 0. The highest BCUT2D eigenvalue weighted by Crippen LogP contribution is 2.26. The van der Waals surface area contributed by atoms with Gasteiger partial charge >= 0.3 is 0 Å². The van der Waals surface area contributed by atoms with Crippen LogP contribution in [-0.2, 0) is 38.4 Å². The molecule has 4 aromatic rings. The Morgan fingerprint density at radius 1 is 0.311 bits per heavy atom. The van der Waals surface area contributed by atoms with Gasteiger partial charge in [-0.05, 0) is 123 Å². The molecule has 396 valence electrons. The van der Waals surface area contributed by atoms with Crippen molar-refractivity contribution in [3.63, 3.8) is 0 Å². The molecule has 0 fully saturated rings. The van der Waals surface area contributed by atoms with E-state index in [9.17, 15) is 38.4 Å². The molecule has 4 aromatic carbocycles. The topological polar surface area (TPSA) is 216 Å². The molecular weight excluding hydrogens is 945 g/mol. The molecule has 0 unspecified atom stereocenters. The van der Waals surface area contributed by atoms with Gasteiger partial charge in [-0.3, -0.25) is 38.4 Å². The van der Waals surface area contributed by atoms with Crippen molar-refractivity contribution in [2.45, 2.75) is 105 Å². The average Bonchev–Trinajstić information content (AvgIpc) is 3.35. The number of nitrogens with zero attached hydrogens (tertiary/aromatic N) is 4. The number of carbonyl (C=O) groups excluding carboxylic acids is 8. The summed E-state index contributed by atoms with van der Waals surface area (Å²) >= 11 is 0. The van der Waals surface area contributed by atoms with Crippen molar-refractivity contribution in [1.82, 2.24) is 19.6 Å². The molecule has 0 saturated carbocycles. The van der Waals surface area contributed by atoms with Gasteiger partial charge in [-0.25, -0.2) is 0 Å². The number of hydrogen-bond acceptors (Lipinski definition) is 10. The molecule has 0 radical (unpaired) electrons. The molecule has 0 spiro atoms. The smallest absolute Gasteiger partial charge is 0.243 e. The minimum Gasteiger partial charge on any atom is -0.457 e. The van der Waals surface area contributed by atoms with Gasteiger partial charge in [-0.1, -0.05) is 51.4 Å². The molecule has 18 nitrogen and oxygen atoms in total. The summed E-state index contributed by atoms with van der Waals surface area (Å²) in [6.45, 7) is 7.23. The van der Waals surface area contributed by atoms with Crippen LogP contribution in [0.25, 0.3) is 0 Å². The summed E-state index contributed by atoms with van der Waals surface area (Å²) in [6, 6.07) is 27.4. The number of hydrogen-bond donors (Lipinski definition) is 4. The molecule has 0 atom stereocenters. The van der Waals surface area contributed by atoms with Crippen molar-refractivity contribution < 1.29 is 47.8 Å². The van der Waals surface area contributed by atoms with Crippen molar-refractivity contribution in [1.29, 1.82) is 0 Å². The summed E-state index contributed by atoms with van der Waals surface area (Å²) in [5.41, 5.74) is 2.18. The number of amides is 8. The lowest BCUT2D eigenvalue weighted by atomic mass is 10.1. The van der Waals surface area contributed by atoms with Crippen LogP contribution in [-0.4, -0.2) is 119 Å². The lowest BCUT2D eigenvalue weighted by Gasteiger charge is -2.21. The average molecular weight is 1020 g/mol. The molecule has 8 bridgehead atoms. The van der Waals surface area contributed by atoms with Crippen LogP contribution in [0.5, 0.6) is 23.0 Å². The zero-order chi connectivity index (χ0) is 53.2. The molecule has 7 aliphatic heterocycles. The Morgan fingerprint density at radius 2 is 0.486 bits per heavy atom. The molecule has 8 amide bonds. The van der Waals surface area contributed by atoms with Gasteiger partial charge in [0.05, 0.1) is 26.2 Å². The van der Waals surface area contributed by atoms with Gasteiger partial charge in [0.25, 0.3) is 0 Å². The first-order valence-corrected chi connectivity index (χ1v) is 25.6. The molecule has 74 heavy (non-hydrogen) atoms. The van der Waals surface area contributed by atoms with E-state index in [0.29, 0.717) is 71.9 Å². The molecule has 7 aliphatic rings. The molecular formula is C56H72N8O10. The van der Waals surface area contributed by atoms with Gasteiger partial charge in [0.15, 0.2) is 0 Å². The normalized spacial score (nSPS) is 16.7. The van der Waals surface area contributed by atoms with E-state index in [2.05, 4.69) is 21.3 Å². The Kier molecular flexibility index (Phi) is 23.4. The minimum absolute atomic E-state index is 0.0826. The third-order valence-corrected chi connectivity index (χ3v) is 12.4. The van der Waals surface area contributed by atoms with Crippen molar-refractivity contribution in [3.05, 3.63) is 97.1 Å². The van der Waals surface area contributed by atoms with Crippen LogP contribution >= 0.6 is 0 Å². The SMILES string of the molecule is CC(=O)N1CCCCCCCCN(C(C)=O)CC(=O)Nc2ccc(cc2)Oc2ccc(cc2)NC(=O)CN(C(C)=O)CCCCCCCCN(C(C)=O)CC(=O)Nc2ccc(cc2)Oc2ccc(cc2)NC(=O)C1. The largest absolute Gasteiger partial charge is 0.457 e. The van der Waals surface area contributed by atoms with Crippen LogP contribution in [0.3, 0.4) is 0 Å². The Labute approximate surface area is 434 Å². The Bertz CT molecular complexity index is 2140. The van der Waals surface area contributed by atoms with E-state index in [1.54, 1.807) is 97.1 Å². The van der Waals surface area contributed by atoms with Crippen LogP contribution in [0.2, 0.25) is 0 Å². The fourth-order valence-corrected chi connectivity index (χ4v) is 8.21. The molecule has 0 saturated heterocycles. The van der Waals surface area contributed by atoms with E-state index in [0.717, 1.165) is 77.0 Å². The zero-order valence-corrected chi connectivity index (χ0v) is 43.3. The van der Waals surface area contributed by atoms with Crippen LogP contribution in [0.4, 0.5) is 22.7 Å². The Morgan fingerprint density at radius 3 is 0.662 bits per heavy atom. The molecule has 4 N–H and O–H groups in total. The minimum atomic E-state index is -0.321. The Hall–Kier alpha value is -7.76. The first kappa shape index (κ1) is 57.1. The van der Waals surface area contributed by atoms with Crippen molar-refractivity contribution in [3.8, 4) is 23.0 Å². The van der Waals surface area contributed by atoms with Crippen LogP contribution in [0, 0.1) is 0 Å². The molecule has 18 heteroatoms. The quantitative estimate of drug-likeness (QED) is 0.131. The predicted molar refractivity (Wildman–Crippen MR) is 285 cm³/mol. The summed E-state index contributed by atoms with van der Waals surface area (Å²) in [6.07, 6.45) is 10.0. The van der Waals surface area contributed by atoms with Gasteiger partial charge in [0.1, 0.15) is 23.0 Å². The van der Waals surface area contributed by atoms with Crippen LogP contribution in [0.1, 0.15) is 105 Å². The molecule has 7 heterocycles. The predicted octanol–water partition coefficient (Wildman–Crippen LogP) is 8.81. The third kappa shape index (κ3) is 21.1. The van der Waals surface area contributed by atoms with Gasteiger partial charge in [0, 0.05) is 76.6 Å². The maximum Gasteiger partial charge on any atom is 0.243 e. The maximum atomic E-state index is 12.9. The second-order valence-electron chi connectivity index (χ2n) is 18.5. The van der Waals surface area contributed by atoms with Crippen LogP contribution < -0.4 is 30.7 Å². The zero-order valence-electron chi connectivity index (χ0n) is 43.3. The van der Waals surface area contributed by atoms with Crippen molar-refractivity contribution in [2.24, 2.45) is 0 Å². The highest BCUT2D eigenvalue weighted by Gasteiger charge is 2.18. The van der Waals surface area contributed by atoms with Gasteiger partial charge in [0.2, 0.25) is 47.3 Å². The number of rotatable bonds is 0. The first-order valence-electron chi connectivity index (χ1n) is 25.6. The van der Waals surface area contributed by atoms with E-state index in [1.165, 1.54) is 47.3 Å². The number of anilines is 4. The van der Waals surface area contributed by atoms with Crippen molar-refractivity contribution in [2.75, 3.05) is 73.6 Å². The van der Waals surface area contributed by atoms with E-state index in [-0.39, 0.29) is 73.4 Å². The number of ether oxygens (including phenoxy) is 2. The second kappa shape index (κ2) is 30.3. The maximum absolute atomic E-state index is 12.9. The highest BCUT2D eigenvalue weighted by atomic mass is 16.5.